The molecule has 0 saturated carbocycles. The van der Waals surface area contributed by atoms with E-state index in [0.29, 0.717) is 6.54 Å². The van der Waals surface area contributed by atoms with E-state index in [1.54, 1.807) is 0 Å². The predicted molar refractivity (Wildman–Crippen MR) is 134 cm³/mol. The maximum absolute atomic E-state index is 13.4. The van der Waals surface area contributed by atoms with Crippen LogP contribution in [0.25, 0.3) is 0 Å². The van der Waals surface area contributed by atoms with E-state index >= 15 is 0 Å². The Bertz CT molecular complexity index is 939. The molecule has 5 nitrogen and oxygen atoms in total. The van der Waals surface area contributed by atoms with Crippen LogP contribution in [0.2, 0.25) is 0 Å². The fraction of sp³-hybridized carbons (Fsp3) is 0.517. The van der Waals surface area contributed by atoms with Gasteiger partial charge < -0.3 is 9.47 Å². The van der Waals surface area contributed by atoms with Gasteiger partial charge in [0.2, 0.25) is 5.60 Å². The molecule has 0 radical (unpaired) electrons. The van der Waals surface area contributed by atoms with Gasteiger partial charge in [0.15, 0.2) is 5.78 Å². The molecule has 5 heteroatoms. The number of hydrogen-bond donors (Lipinski definition) is 0. The van der Waals surface area contributed by atoms with Crippen molar-refractivity contribution >= 4 is 11.8 Å². The first-order valence-electron chi connectivity index (χ1n) is 12.1. The lowest BCUT2D eigenvalue weighted by Gasteiger charge is -2.47. The average Bonchev–Trinajstić information content (AvgIpc) is 2.75. The Hall–Kier alpha value is -2.50. The summed E-state index contributed by atoms with van der Waals surface area (Å²) in [5.74, 6) is -0.965. The highest BCUT2D eigenvalue weighted by atomic mass is 16.6. The van der Waals surface area contributed by atoms with Crippen molar-refractivity contribution in [3.63, 3.8) is 0 Å². The number of benzene rings is 2. The molecule has 1 unspecified atom stereocenters. The molecular formula is C29H39NO4. The Labute approximate surface area is 204 Å². The molecule has 34 heavy (non-hydrogen) atoms. The third-order valence-corrected chi connectivity index (χ3v) is 6.42. The molecule has 1 fully saturated rings. The molecule has 1 aliphatic rings. The normalized spacial score (nSPS) is 19.2. The lowest BCUT2D eigenvalue weighted by atomic mass is 9.71. The number of rotatable bonds is 10. The van der Waals surface area contributed by atoms with Crippen LogP contribution in [0.4, 0.5) is 0 Å². The molecule has 2 aromatic rings. The van der Waals surface area contributed by atoms with Gasteiger partial charge in [0.05, 0.1) is 6.61 Å². The van der Waals surface area contributed by atoms with Gasteiger partial charge in [-0.25, -0.2) is 4.79 Å². The summed E-state index contributed by atoms with van der Waals surface area (Å²) in [5, 5.41) is 0. The van der Waals surface area contributed by atoms with Crippen molar-refractivity contribution in [2.24, 2.45) is 10.8 Å². The van der Waals surface area contributed by atoms with Crippen LogP contribution in [0, 0.1) is 10.8 Å². The molecule has 0 bridgehead atoms. The van der Waals surface area contributed by atoms with Crippen molar-refractivity contribution in [3.05, 3.63) is 71.8 Å². The molecule has 0 spiro atoms. The molecular weight excluding hydrogens is 426 g/mol. The van der Waals surface area contributed by atoms with Gasteiger partial charge in [-0.05, 0) is 35.3 Å². The van der Waals surface area contributed by atoms with Crippen molar-refractivity contribution in [1.29, 1.82) is 0 Å². The lowest BCUT2D eigenvalue weighted by molar-refractivity contribution is -0.179. The summed E-state index contributed by atoms with van der Waals surface area (Å²) < 4.78 is 11.9. The molecule has 1 atom stereocenters. The molecule has 3 rings (SSSR count). The van der Waals surface area contributed by atoms with Gasteiger partial charge in [0, 0.05) is 26.1 Å². The number of piperidine rings is 1. The Morgan fingerprint density at radius 2 is 1.41 bits per heavy atom. The summed E-state index contributed by atoms with van der Waals surface area (Å²) in [7, 11) is 0. The quantitative estimate of drug-likeness (QED) is 0.362. The van der Waals surface area contributed by atoms with Gasteiger partial charge in [-0.1, -0.05) is 88.4 Å². The largest absolute Gasteiger partial charge is 0.462 e. The fourth-order valence-electron chi connectivity index (χ4n) is 5.43. The molecule has 184 valence electrons. The van der Waals surface area contributed by atoms with E-state index in [1.165, 1.54) is 6.92 Å². The number of esters is 1. The Morgan fingerprint density at radius 3 is 1.94 bits per heavy atom. The maximum atomic E-state index is 13.4. The number of ketones is 1. The lowest BCUT2D eigenvalue weighted by Crippen LogP contribution is -2.52. The van der Waals surface area contributed by atoms with Crippen molar-refractivity contribution in [2.45, 2.75) is 59.7 Å². The summed E-state index contributed by atoms with van der Waals surface area (Å²) in [4.78, 5) is 28.7. The number of likely N-dealkylation sites (tertiary alicyclic amines) is 1. The summed E-state index contributed by atoms with van der Waals surface area (Å²) in [6, 6.07) is 19.1. The van der Waals surface area contributed by atoms with Crippen molar-refractivity contribution in [1.82, 2.24) is 4.90 Å². The van der Waals surface area contributed by atoms with Gasteiger partial charge in [-0.2, -0.15) is 0 Å². The minimum atomic E-state index is -1.68. The third kappa shape index (κ3) is 7.00. The average molecular weight is 466 g/mol. The maximum Gasteiger partial charge on any atom is 0.346 e. The zero-order valence-corrected chi connectivity index (χ0v) is 21.3. The van der Waals surface area contributed by atoms with Gasteiger partial charge in [-0.15, -0.1) is 0 Å². The number of carbonyl (C=O) groups is 2. The standard InChI is InChI=1S/C29H39NO4/c1-23(31)29(18-24-12-8-6-9-13-24,34-19-25-14-10-7-11-15-25)26(32)33-17-16-30-21-27(2,3)20-28(4,5)22-30/h6-15H,16-22H2,1-5H3. The molecule has 0 amide bonds. The van der Waals surface area contributed by atoms with E-state index in [9.17, 15) is 9.59 Å². The van der Waals surface area contributed by atoms with Crippen LogP contribution in [0.15, 0.2) is 60.7 Å². The number of ether oxygens (including phenoxy) is 2. The Kier molecular flexibility index (Phi) is 8.32. The molecule has 2 aromatic carbocycles. The summed E-state index contributed by atoms with van der Waals surface area (Å²) in [5.41, 5.74) is 0.480. The highest BCUT2D eigenvalue weighted by molar-refractivity contribution is 6.06. The van der Waals surface area contributed by atoms with E-state index in [-0.39, 0.29) is 36.2 Å². The second-order valence-corrected chi connectivity index (χ2v) is 11.2. The molecule has 0 aromatic heterocycles. The van der Waals surface area contributed by atoms with Gasteiger partial charge in [0.25, 0.3) is 0 Å². The highest BCUT2D eigenvalue weighted by Crippen LogP contribution is 2.39. The topological polar surface area (TPSA) is 55.8 Å². The summed E-state index contributed by atoms with van der Waals surface area (Å²) >= 11 is 0. The van der Waals surface area contributed by atoms with Crippen LogP contribution in [0.5, 0.6) is 0 Å². The number of Topliss-reactive ketones (excluding diaryl/α,β-unsaturated/α-hetero) is 1. The minimum absolute atomic E-state index is 0.138. The third-order valence-electron chi connectivity index (χ3n) is 6.42. The minimum Gasteiger partial charge on any atom is -0.462 e. The van der Waals surface area contributed by atoms with Crippen molar-refractivity contribution in [2.75, 3.05) is 26.2 Å². The molecule has 0 aliphatic carbocycles. The van der Waals surface area contributed by atoms with Crippen molar-refractivity contribution < 1.29 is 19.1 Å². The van der Waals surface area contributed by atoms with Crippen molar-refractivity contribution in [3.8, 4) is 0 Å². The second kappa shape index (κ2) is 10.8. The smallest absolute Gasteiger partial charge is 0.346 e. The molecule has 1 aliphatic heterocycles. The molecule has 1 heterocycles. The zero-order valence-electron chi connectivity index (χ0n) is 21.3. The first kappa shape index (κ1) is 26.1. The summed E-state index contributed by atoms with van der Waals surface area (Å²) in [6.45, 7) is 13.5. The molecule has 1 saturated heterocycles. The first-order chi connectivity index (χ1) is 16.0. The summed E-state index contributed by atoms with van der Waals surface area (Å²) in [6.07, 6.45) is 1.30. The van der Waals surface area contributed by atoms with Crippen LogP contribution in [-0.2, 0) is 32.1 Å². The fourth-order valence-corrected chi connectivity index (χ4v) is 5.43. The number of nitrogens with zero attached hydrogens (tertiary/aromatic N) is 1. The van der Waals surface area contributed by atoms with Crippen LogP contribution in [-0.4, -0.2) is 48.5 Å². The van der Waals surface area contributed by atoms with Crippen LogP contribution in [0.3, 0.4) is 0 Å². The first-order valence-corrected chi connectivity index (χ1v) is 12.1. The predicted octanol–water partition coefficient (Wildman–Crippen LogP) is 5.08. The number of hydrogen-bond acceptors (Lipinski definition) is 5. The van der Waals surface area contributed by atoms with Crippen LogP contribution >= 0.6 is 0 Å². The van der Waals surface area contributed by atoms with E-state index in [4.69, 9.17) is 9.47 Å². The van der Waals surface area contributed by atoms with E-state index in [2.05, 4.69) is 32.6 Å². The molecule has 0 N–H and O–H groups in total. The van der Waals surface area contributed by atoms with E-state index in [0.717, 1.165) is 30.6 Å². The van der Waals surface area contributed by atoms with Crippen LogP contribution < -0.4 is 0 Å². The van der Waals surface area contributed by atoms with E-state index in [1.807, 2.05) is 60.7 Å². The number of carbonyl (C=O) groups excluding carboxylic acids is 2. The Morgan fingerprint density at radius 1 is 0.882 bits per heavy atom. The van der Waals surface area contributed by atoms with E-state index < -0.39 is 11.6 Å². The second-order valence-electron chi connectivity index (χ2n) is 11.2. The highest BCUT2D eigenvalue weighted by Gasteiger charge is 2.47. The zero-order chi connectivity index (χ0) is 24.8. The van der Waals surface area contributed by atoms with Gasteiger partial charge in [-0.3, -0.25) is 9.69 Å². The van der Waals surface area contributed by atoms with Crippen LogP contribution in [0.1, 0.15) is 52.2 Å². The Balaban J connectivity index is 1.73. The SMILES string of the molecule is CC(=O)C(Cc1ccccc1)(OCc1ccccc1)C(=O)OCCN1CC(C)(C)CC(C)(C)C1. The monoisotopic (exact) mass is 465 g/mol. The van der Waals surface area contributed by atoms with Gasteiger partial charge in [0.1, 0.15) is 6.61 Å². The van der Waals surface area contributed by atoms with Gasteiger partial charge >= 0.3 is 5.97 Å².